The third-order valence-corrected chi connectivity index (χ3v) is 5.70. The number of hydrogen-bond acceptors (Lipinski definition) is 3. The molecule has 2 unspecified atom stereocenters. The Morgan fingerprint density at radius 3 is 2.72 bits per heavy atom. The summed E-state index contributed by atoms with van der Waals surface area (Å²) in [5.74, 6) is 0.636. The molecule has 2 bridgehead atoms. The van der Waals surface area contributed by atoms with Gasteiger partial charge in [0, 0.05) is 18.0 Å². The number of thiazole rings is 1. The first-order chi connectivity index (χ1) is 8.79. The highest BCUT2D eigenvalue weighted by molar-refractivity contribution is 7.18. The lowest BCUT2D eigenvalue weighted by atomic mass is 9.93. The van der Waals surface area contributed by atoms with E-state index in [4.69, 9.17) is 16.6 Å². The van der Waals surface area contributed by atoms with Gasteiger partial charge in [0.1, 0.15) is 5.52 Å². The molecule has 0 saturated carbocycles. The predicted octanol–water partition coefficient (Wildman–Crippen LogP) is 3.95. The molecule has 0 amide bonds. The zero-order valence-electron chi connectivity index (χ0n) is 10.0. The molecule has 2 aromatic rings. The number of halogens is 1. The zero-order valence-corrected chi connectivity index (χ0v) is 11.6. The molecule has 2 saturated heterocycles. The van der Waals surface area contributed by atoms with Crippen molar-refractivity contribution in [2.75, 3.05) is 0 Å². The lowest BCUT2D eigenvalue weighted by Crippen LogP contribution is -2.37. The summed E-state index contributed by atoms with van der Waals surface area (Å²) in [5, 5.41) is 5.76. The minimum absolute atomic E-state index is 0.636. The fraction of sp³-hybridized carbons (Fsp3) is 0.500. The van der Waals surface area contributed by atoms with Crippen LogP contribution < -0.4 is 5.32 Å². The van der Waals surface area contributed by atoms with Crippen LogP contribution in [0.25, 0.3) is 10.2 Å². The third kappa shape index (κ3) is 1.77. The average molecular weight is 279 g/mol. The molecule has 94 valence electrons. The maximum atomic E-state index is 6.21. The second-order valence-corrected chi connectivity index (χ2v) is 6.91. The van der Waals surface area contributed by atoms with Crippen molar-refractivity contribution >= 4 is 33.2 Å². The van der Waals surface area contributed by atoms with E-state index in [9.17, 15) is 0 Å². The molecule has 2 atom stereocenters. The Morgan fingerprint density at radius 2 is 2.00 bits per heavy atom. The van der Waals surface area contributed by atoms with Gasteiger partial charge in [0.05, 0.1) is 14.7 Å². The Hall–Kier alpha value is -0.640. The van der Waals surface area contributed by atoms with Crippen LogP contribution in [0.5, 0.6) is 0 Å². The molecule has 1 N–H and O–H groups in total. The van der Waals surface area contributed by atoms with Crippen molar-refractivity contribution in [2.24, 2.45) is 0 Å². The highest BCUT2D eigenvalue weighted by Gasteiger charge is 2.35. The number of hydrogen-bond donors (Lipinski definition) is 1. The second-order valence-electron chi connectivity index (χ2n) is 5.44. The van der Waals surface area contributed by atoms with E-state index >= 15 is 0 Å². The Morgan fingerprint density at radius 1 is 1.22 bits per heavy atom. The molecular formula is C14H15ClN2S. The first-order valence-corrected chi connectivity index (χ1v) is 7.80. The van der Waals surface area contributed by atoms with E-state index in [2.05, 4.69) is 11.4 Å². The highest BCUT2D eigenvalue weighted by atomic mass is 35.5. The van der Waals surface area contributed by atoms with Crippen molar-refractivity contribution in [1.29, 1.82) is 0 Å². The van der Waals surface area contributed by atoms with Gasteiger partial charge in [-0.1, -0.05) is 17.7 Å². The quantitative estimate of drug-likeness (QED) is 0.854. The molecule has 4 heteroatoms. The summed E-state index contributed by atoms with van der Waals surface area (Å²) in [4.78, 5) is 4.79. The molecule has 18 heavy (non-hydrogen) atoms. The average Bonchev–Trinajstić information content (AvgIpc) is 2.94. The predicted molar refractivity (Wildman–Crippen MR) is 76.6 cm³/mol. The van der Waals surface area contributed by atoms with E-state index in [0.29, 0.717) is 5.92 Å². The molecule has 2 nitrogen and oxygen atoms in total. The van der Waals surface area contributed by atoms with Crippen LogP contribution in [0.4, 0.5) is 0 Å². The molecule has 2 aliphatic rings. The van der Waals surface area contributed by atoms with Gasteiger partial charge >= 0.3 is 0 Å². The summed E-state index contributed by atoms with van der Waals surface area (Å²) < 4.78 is 1.23. The summed E-state index contributed by atoms with van der Waals surface area (Å²) in [6, 6.07) is 7.50. The first-order valence-electron chi connectivity index (χ1n) is 6.60. The number of aromatic nitrogens is 1. The molecule has 0 aliphatic carbocycles. The molecule has 0 spiro atoms. The van der Waals surface area contributed by atoms with E-state index in [1.807, 2.05) is 23.5 Å². The van der Waals surface area contributed by atoms with Crippen molar-refractivity contribution in [2.45, 2.75) is 43.7 Å². The highest BCUT2D eigenvalue weighted by Crippen LogP contribution is 2.40. The number of piperidine rings is 1. The molecule has 0 radical (unpaired) electrons. The largest absolute Gasteiger partial charge is 0.311 e. The number of nitrogens with one attached hydrogen (secondary N) is 1. The number of nitrogens with zero attached hydrogens (tertiary/aromatic N) is 1. The first kappa shape index (κ1) is 11.2. The van der Waals surface area contributed by atoms with Gasteiger partial charge in [-0.2, -0.15) is 0 Å². The van der Waals surface area contributed by atoms with Gasteiger partial charge in [0.2, 0.25) is 0 Å². The van der Waals surface area contributed by atoms with Crippen LogP contribution in [0.15, 0.2) is 18.2 Å². The summed E-state index contributed by atoms with van der Waals surface area (Å²) in [6.07, 6.45) is 5.17. The summed E-state index contributed by atoms with van der Waals surface area (Å²) in [7, 11) is 0. The number of para-hydroxylation sites is 1. The minimum atomic E-state index is 0.636. The smallest absolute Gasteiger partial charge is 0.100 e. The number of benzene rings is 1. The van der Waals surface area contributed by atoms with Crippen molar-refractivity contribution in [1.82, 2.24) is 10.3 Å². The zero-order chi connectivity index (χ0) is 12.1. The van der Waals surface area contributed by atoms with Crippen LogP contribution in [-0.2, 0) is 0 Å². The Kier molecular flexibility index (Phi) is 2.61. The Labute approximate surface area is 115 Å². The van der Waals surface area contributed by atoms with Crippen LogP contribution in [-0.4, -0.2) is 17.1 Å². The maximum Gasteiger partial charge on any atom is 0.100 e. The number of rotatable bonds is 1. The molecule has 4 rings (SSSR count). The van der Waals surface area contributed by atoms with E-state index in [-0.39, 0.29) is 0 Å². The molecule has 2 fully saturated rings. The lowest BCUT2D eigenvalue weighted by molar-refractivity contribution is 0.363. The lowest BCUT2D eigenvalue weighted by Gasteiger charge is -2.27. The van der Waals surface area contributed by atoms with Gasteiger partial charge in [-0.3, -0.25) is 0 Å². The van der Waals surface area contributed by atoms with Crippen LogP contribution >= 0.6 is 22.9 Å². The van der Waals surface area contributed by atoms with E-state index in [1.165, 1.54) is 35.4 Å². The topological polar surface area (TPSA) is 24.9 Å². The Balaban J connectivity index is 1.72. The normalized spacial score (nSPS) is 31.1. The summed E-state index contributed by atoms with van der Waals surface area (Å²) in [6.45, 7) is 0. The third-order valence-electron chi connectivity index (χ3n) is 4.21. The van der Waals surface area contributed by atoms with Crippen LogP contribution in [0.1, 0.15) is 36.6 Å². The van der Waals surface area contributed by atoms with Gasteiger partial charge in [0.15, 0.2) is 0 Å². The van der Waals surface area contributed by atoms with E-state index < -0.39 is 0 Å². The Bertz CT molecular complexity index is 582. The van der Waals surface area contributed by atoms with E-state index in [0.717, 1.165) is 22.6 Å². The molecule has 1 aromatic heterocycles. The van der Waals surface area contributed by atoms with Gasteiger partial charge in [-0.25, -0.2) is 4.98 Å². The van der Waals surface area contributed by atoms with Crippen molar-refractivity contribution < 1.29 is 0 Å². The standard InChI is InChI=1S/C14H15ClN2S/c15-11-2-1-3-12-13(11)17-14(18-12)8-6-9-4-5-10(7-8)16-9/h1-3,8-10,16H,4-7H2. The summed E-state index contributed by atoms with van der Waals surface area (Å²) >= 11 is 8.04. The van der Waals surface area contributed by atoms with Crippen LogP contribution in [0, 0.1) is 0 Å². The van der Waals surface area contributed by atoms with Gasteiger partial charge in [-0.05, 0) is 37.8 Å². The molecular weight excluding hydrogens is 264 g/mol. The fourth-order valence-electron chi connectivity index (χ4n) is 3.37. The molecule has 2 aliphatic heterocycles. The van der Waals surface area contributed by atoms with Gasteiger partial charge in [-0.15, -0.1) is 11.3 Å². The molecule has 1 aromatic carbocycles. The van der Waals surface area contributed by atoms with E-state index in [1.54, 1.807) is 0 Å². The van der Waals surface area contributed by atoms with Crippen molar-refractivity contribution in [3.63, 3.8) is 0 Å². The second kappa shape index (κ2) is 4.19. The maximum absolute atomic E-state index is 6.21. The number of fused-ring (bicyclic) bond motifs is 3. The van der Waals surface area contributed by atoms with Gasteiger partial charge in [0.25, 0.3) is 0 Å². The fourth-order valence-corrected chi connectivity index (χ4v) is 4.76. The van der Waals surface area contributed by atoms with Crippen LogP contribution in [0.2, 0.25) is 5.02 Å². The SMILES string of the molecule is Clc1cccc2sc(C3CC4CCC(C3)N4)nc12. The van der Waals surface area contributed by atoms with Crippen LogP contribution in [0.3, 0.4) is 0 Å². The summed E-state index contributed by atoms with van der Waals surface area (Å²) in [5.41, 5.74) is 0.991. The van der Waals surface area contributed by atoms with Crippen molar-refractivity contribution in [3.05, 3.63) is 28.2 Å². The van der Waals surface area contributed by atoms with Gasteiger partial charge < -0.3 is 5.32 Å². The monoisotopic (exact) mass is 278 g/mol. The van der Waals surface area contributed by atoms with Crippen molar-refractivity contribution in [3.8, 4) is 0 Å². The minimum Gasteiger partial charge on any atom is -0.311 e. The molecule has 3 heterocycles.